The molecule has 1 heterocycles. The maximum absolute atomic E-state index is 11.9. The first-order valence-electron chi connectivity index (χ1n) is 5.18. The zero-order chi connectivity index (χ0) is 12.5. The van der Waals surface area contributed by atoms with E-state index in [0.29, 0.717) is 6.61 Å². The van der Waals surface area contributed by atoms with Gasteiger partial charge in [-0.05, 0) is 24.1 Å². The van der Waals surface area contributed by atoms with E-state index in [0.717, 1.165) is 12.0 Å². The van der Waals surface area contributed by atoms with Gasteiger partial charge < -0.3 is 15.2 Å². The molecule has 2 rings (SSSR count). The average Bonchev–Trinajstić information content (AvgIpc) is 2.63. The summed E-state index contributed by atoms with van der Waals surface area (Å²) < 4.78 is 45.0. The summed E-state index contributed by atoms with van der Waals surface area (Å²) in [4.78, 5) is 0. The molecular formula is C11H12F3NO2. The Morgan fingerprint density at radius 1 is 1.24 bits per heavy atom. The van der Waals surface area contributed by atoms with Crippen molar-refractivity contribution in [3.05, 3.63) is 29.8 Å². The second kappa shape index (κ2) is 4.54. The SMILES string of the molecule is NC1CCOC1c1ccc(OC(F)(F)F)cc1. The quantitative estimate of drug-likeness (QED) is 0.872. The number of nitrogens with two attached hydrogens (primary N) is 1. The first kappa shape index (κ1) is 12.2. The Hall–Kier alpha value is -1.27. The van der Waals surface area contributed by atoms with Crippen molar-refractivity contribution in [3.63, 3.8) is 0 Å². The van der Waals surface area contributed by atoms with Crippen LogP contribution in [0.5, 0.6) is 5.75 Å². The van der Waals surface area contributed by atoms with Crippen LogP contribution < -0.4 is 10.5 Å². The maximum Gasteiger partial charge on any atom is 0.573 e. The van der Waals surface area contributed by atoms with Crippen LogP contribution in [0.15, 0.2) is 24.3 Å². The van der Waals surface area contributed by atoms with Crippen molar-refractivity contribution < 1.29 is 22.6 Å². The fraction of sp³-hybridized carbons (Fsp3) is 0.455. The van der Waals surface area contributed by atoms with Crippen molar-refractivity contribution in [3.8, 4) is 5.75 Å². The van der Waals surface area contributed by atoms with Gasteiger partial charge in [-0.3, -0.25) is 0 Å². The molecule has 0 aromatic heterocycles. The maximum atomic E-state index is 11.9. The van der Waals surface area contributed by atoms with E-state index >= 15 is 0 Å². The molecule has 1 aliphatic rings. The predicted octanol–water partition coefficient (Wildman–Crippen LogP) is 2.37. The van der Waals surface area contributed by atoms with Gasteiger partial charge in [-0.1, -0.05) is 12.1 Å². The molecule has 1 aromatic rings. The van der Waals surface area contributed by atoms with Gasteiger partial charge in [0.2, 0.25) is 0 Å². The highest BCUT2D eigenvalue weighted by molar-refractivity contribution is 5.29. The van der Waals surface area contributed by atoms with Crippen molar-refractivity contribution in [1.29, 1.82) is 0 Å². The summed E-state index contributed by atoms with van der Waals surface area (Å²) in [5, 5.41) is 0. The molecule has 1 aromatic carbocycles. The van der Waals surface area contributed by atoms with E-state index in [1.165, 1.54) is 24.3 Å². The van der Waals surface area contributed by atoms with Gasteiger partial charge in [0.1, 0.15) is 5.75 Å². The molecule has 1 saturated heterocycles. The lowest BCUT2D eigenvalue weighted by Crippen LogP contribution is -2.23. The third kappa shape index (κ3) is 3.10. The van der Waals surface area contributed by atoms with Crippen molar-refractivity contribution in [2.24, 2.45) is 5.73 Å². The van der Waals surface area contributed by atoms with Crippen LogP contribution in [0.2, 0.25) is 0 Å². The summed E-state index contributed by atoms with van der Waals surface area (Å²) in [5.41, 5.74) is 6.58. The van der Waals surface area contributed by atoms with Crippen LogP contribution in [0.25, 0.3) is 0 Å². The molecule has 0 radical (unpaired) electrons. The Morgan fingerprint density at radius 2 is 1.88 bits per heavy atom. The summed E-state index contributed by atoms with van der Waals surface area (Å²) in [6.45, 7) is 0.576. The highest BCUT2D eigenvalue weighted by Gasteiger charge is 2.31. The molecule has 2 N–H and O–H groups in total. The first-order valence-corrected chi connectivity index (χ1v) is 5.18. The van der Waals surface area contributed by atoms with Gasteiger partial charge in [0, 0.05) is 12.6 Å². The second-order valence-electron chi connectivity index (χ2n) is 3.86. The Balaban J connectivity index is 2.07. The second-order valence-corrected chi connectivity index (χ2v) is 3.86. The summed E-state index contributed by atoms with van der Waals surface area (Å²) in [6, 6.07) is 5.49. The smallest absolute Gasteiger partial charge is 0.406 e. The van der Waals surface area contributed by atoms with Crippen LogP contribution >= 0.6 is 0 Å². The lowest BCUT2D eigenvalue weighted by Gasteiger charge is -2.15. The minimum Gasteiger partial charge on any atom is -0.406 e. The number of hydrogen-bond acceptors (Lipinski definition) is 3. The van der Waals surface area contributed by atoms with Crippen molar-refractivity contribution in [2.75, 3.05) is 6.61 Å². The lowest BCUT2D eigenvalue weighted by molar-refractivity contribution is -0.274. The summed E-state index contributed by atoms with van der Waals surface area (Å²) in [7, 11) is 0. The Labute approximate surface area is 96.3 Å². The monoisotopic (exact) mass is 247 g/mol. The Kier molecular flexibility index (Phi) is 3.26. The molecule has 2 atom stereocenters. The highest BCUT2D eigenvalue weighted by atomic mass is 19.4. The molecule has 2 unspecified atom stereocenters. The number of alkyl halides is 3. The van der Waals surface area contributed by atoms with Gasteiger partial charge in [-0.2, -0.15) is 0 Å². The molecule has 0 bridgehead atoms. The van der Waals surface area contributed by atoms with E-state index in [1.807, 2.05) is 0 Å². The summed E-state index contributed by atoms with van der Waals surface area (Å²) >= 11 is 0. The van der Waals surface area contributed by atoms with Gasteiger partial charge in [-0.15, -0.1) is 13.2 Å². The van der Waals surface area contributed by atoms with Gasteiger partial charge in [-0.25, -0.2) is 0 Å². The highest BCUT2D eigenvalue weighted by Crippen LogP contribution is 2.30. The molecule has 0 spiro atoms. The minimum atomic E-state index is -4.66. The standard InChI is InChI=1S/C11H12F3NO2/c12-11(13,14)17-8-3-1-7(2-4-8)10-9(15)5-6-16-10/h1-4,9-10H,5-6,15H2. The van der Waals surface area contributed by atoms with Crippen molar-refractivity contribution in [2.45, 2.75) is 24.9 Å². The van der Waals surface area contributed by atoms with Gasteiger partial charge in [0.05, 0.1) is 6.10 Å². The van der Waals surface area contributed by atoms with E-state index in [2.05, 4.69) is 4.74 Å². The Morgan fingerprint density at radius 3 is 2.35 bits per heavy atom. The van der Waals surface area contributed by atoms with Crippen LogP contribution in [0.4, 0.5) is 13.2 Å². The molecule has 0 amide bonds. The molecule has 0 saturated carbocycles. The number of rotatable bonds is 2. The summed E-state index contributed by atoms with van der Waals surface area (Å²) in [6.07, 6.45) is -4.15. The average molecular weight is 247 g/mol. The molecule has 1 aliphatic heterocycles. The van der Waals surface area contributed by atoms with E-state index < -0.39 is 6.36 Å². The third-order valence-corrected chi connectivity index (χ3v) is 2.58. The molecule has 0 aliphatic carbocycles. The lowest BCUT2D eigenvalue weighted by atomic mass is 10.0. The molecule has 17 heavy (non-hydrogen) atoms. The van der Waals surface area contributed by atoms with Crippen molar-refractivity contribution in [1.82, 2.24) is 0 Å². The number of halogens is 3. The van der Waals surface area contributed by atoms with E-state index in [1.54, 1.807) is 0 Å². The molecule has 1 fully saturated rings. The van der Waals surface area contributed by atoms with Crippen molar-refractivity contribution >= 4 is 0 Å². The normalized spacial score (nSPS) is 24.9. The van der Waals surface area contributed by atoms with Gasteiger partial charge >= 0.3 is 6.36 Å². The Bertz CT molecular complexity index is 377. The number of hydrogen-bond donors (Lipinski definition) is 1. The van der Waals surface area contributed by atoms with E-state index in [4.69, 9.17) is 10.5 Å². The van der Waals surface area contributed by atoms with E-state index in [-0.39, 0.29) is 17.9 Å². The van der Waals surface area contributed by atoms with Crippen LogP contribution in [-0.4, -0.2) is 19.0 Å². The zero-order valence-corrected chi connectivity index (χ0v) is 8.91. The van der Waals surface area contributed by atoms with Crippen LogP contribution in [0.1, 0.15) is 18.1 Å². The largest absolute Gasteiger partial charge is 0.573 e. The fourth-order valence-corrected chi connectivity index (χ4v) is 1.81. The van der Waals surface area contributed by atoms with Crippen LogP contribution in [0.3, 0.4) is 0 Å². The van der Waals surface area contributed by atoms with Gasteiger partial charge in [0.25, 0.3) is 0 Å². The third-order valence-electron chi connectivity index (χ3n) is 2.58. The number of benzene rings is 1. The first-order chi connectivity index (χ1) is 7.96. The van der Waals surface area contributed by atoms with E-state index in [9.17, 15) is 13.2 Å². The van der Waals surface area contributed by atoms with Crippen LogP contribution in [-0.2, 0) is 4.74 Å². The predicted molar refractivity (Wildman–Crippen MR) is 54.4 cm³/mol. The molecule has 3 nitrogen and oxygen atoms in total. The topological polar surface area (TPSA) is 44.5 Å². The molecular weight excluding hydrogens is 235 g/mol. The summed E-state index contributed by atoms with van der Waals surface area (Å²) in [5.74, 6) is -0.243. The fourth-order valence-electron chi connectivity index (χ4n) is 1.81. The minimum absolute atomic E-state index is 0.107. The van der Waals surface area contributed by atoms with Gasteiger partial charge in [0.15, 0.2) is 0 Å². The molecule has 6 heteroatoms. The zero-order valence-electron chi connectivity index (χ0n) is 8.91. The number of ether oxygens (including phenoxy) is 2. The molecule has 94 valence electrons. The van der Waals surface area contributed by atoms with Crippen LogP contribution in [0, 0.1) is 0 Å².